The molecule has 2 heterocycles. The third-order valence-electron chi connectivity index (χ3n) is 5.97. The molecule has 4 atom stereocenters. The van der Waals surface area contributed by atoms with E-state index in [4.69, 9.17) is 4.74 Å². The van der Waals surface area contributed by atoms with Gasteiger partial charge in [0.2, 0.25) is 0 Å². The fourth-order valence-corrected chi connectivity index (χ4v) is 4.07. The number of aromatic nitrogens is 2. The largest absolute Gasteiger partial charge is 0.386 e. The number of ether oxygens (including phenoxy) is 1. The molecule has 7 nitrogen and oxygen atoms in total. The highest BCUT2D eigenvalue weighted by Gasteiger charge is 2.52. The molecule has 1 unspecified atom stereocenters. The molecule has 0 amide bonds. The van der Waals surface area contributed by atoms with Crippen LogP contribution in [-0.4, -0.2) is 25.9 Å². The summed E-state index contributed by atoms with van der Waals surface area (Å²) in [6.45, 7) is 5.49. The second-order valence-electron chi connectivity index (χ2n) is 8.34. The van der Waals surface area contributed by atoms with Crippen molar-refractivity contribution in [2.45, 2.75) is 51.2 Å². The number of nitrogens with zero attached hydrogens (tertiary/aromatic N) is 1. The first-order chi connectivity index (χ1) is 14.7. The van der Waals surface area contributed by atoms with Gasteiger partial charge in [0.1, 0.15) is 24.0 Å². The predicted octanol–water partition coefficient (Wildman–Crippen LogP) is 2.37. The number of nitrogens with one attached hydrogen (secondary N) is 1. The number of hydrogen-bond acceptors (Lipinski definition) is 5. The number of benzene rings is 2. The van der Waals surface area contributed by atoms with Crippen LogP contribution < -0.4 is 11.2 Å². The average Bonchev–Trinajstić information content (AvgIpc) is 3.09. The minimum Gasteiger partial charge on any atom is -0.386 e. The number of hydrogen-bond donors (Lipinski definition) is 3. The summed E-state index contributed by atoms with van der Waals surface area (Å²) in [5.74, 6) is 0. The molecule has 0 aliphatic carbocycles. The Balaban J connectivity index is 1.79. The predicted molar refractivity (Wildman–Crippen MR) is 116 cm³/mol. The molecule has 1 aliphatic rings. The maximum Gasteiger partial charge on any atom is 0.330 e. The first-order valence-electron chi connectivity index (χ1n) is 10.2. The maximum absolute atomic E-state index is 12.4. The number of aliphatic hydroxyl groups is 2. The van der Waals surface area contributed by atoms with E-state index in [1.165, 1.54) is 10.8 Å². The second-order valence-corrected chi connectivity index (χ2v) is 8.34. The SMILES string of the molecule is Cc1ccc(C(O)[C@H]2O[C@@H](n3cc(C)c(=O)[nH]c3=O)C[C@@]2(O)c2ccc(C)cc2)cc1. The van der Waals surface area contributed by atoms with Gasteiger partial charge in [-0.1, -0.05) is 59.7 Å². The van der Waals surface area contributed by atoms with Gasteiger partial charge in [0, 0.05) is 18.2 Å². The van der Waals surface area contributed by atoms with E-state index in [2.05, 4.69) is 4.98 Å². The minimum absolute atomic E-state index is 0.0367. The van der Waals surface area contributed by atoms with Gasteiger partial charge in [0.25, 0.3) is 5.56 Å². The number of H-pyrrole nitrogens is 1. The lowest BCUT2D eigenvalue weighted by Gasteiger charge is -2.32. The van der Waals surface area contributed by atoms with Gasteiger partial charge < -0.3 is 14.9 Å². The van der Waals surface area contributed by atoms with Crippen LogP contribution in [0.2, 0.25) is 0 Å². The van der Waals surface area contributed by atoms with Gasteiger partial charge in [-0.15, -0.1) is 0 Å². The molecule has 1 saturated heterocycles. The van der Waals surface area contributed by atoms with Crippen LogP contribution in [0.1, 0.15) is 46.6 Å². The summed E-state index contributed by atoms with van der Waals surface area (Å²) in [5, 5.41) is 22.9. The fraction of sp³-hybridized carbons (Fsp3) is 0.333. The maximum atomic E-state index is 12.4. The highest BCUT2D eigenvalue weighted by Crippen LogP contribution is 2.47. The summed E-state index contributed by atoms with van der Waals surface area (Å²) in [6, 6.07) is 14.7. The zero-order valence-electron chi connectivity index (χ0n) is 17.7. The molecule has 0 saturated carbocycles. The Kier molecular flexibility index (Phi) is 5.43. The normalized spacial score (nSPS) is 24.3. The molecule has 1 aliphatic heterocycles. The van der Waals surface area contributed by atoms with Crippen molar-refractivity contribution in [2.75, 3.05) is 0 Å². The van der Waals surface area contributed by atoms with Crippen LogP contribution in [0.5, 0.6) is 0 Å². The lowest BCUT2D eigenvalue weighted by Crippen LogP contribution is -2.39. The molecule has 162 valence electrons. The molecule has 2 aromatic carbocycles. The smallest absolute Gasteiger partial charge is 0.330 e. The van der Waals surface area contributed by atoms with Crippen molar-refractivity contribution >= 4 is 0 Å². The van der Waals surface area contributed by atoms with Crippen LogP contribution in [0.3, 0.4) is 0 Å². The summed E-state index contributed by atoms with van der Waals surface area (Å²) < 4.78 is 7.37. The van der Waals surface area contributed by atoms with Gasteiger partial charge in [-0.3, -0.25) is 14.3 Å². The summed E-state index contributed by atoms with van der Waals surface area (Å²) in [7, 11) is 0. The number of aryl methyl sites for hydroxylation is 3. The molecule has 0 spiro atoms. The van der Waals surface area contributed by atoms with Crippen LogP contribution in [0, 0.1) is 20.8 Å². The van der Waals surface area contributed by atoms with E-state index in [1.54, 1.807) is 31.2 Å². The van der Waals surface area contributed by atoms with Crippen molar-refractivity contribution in [3.05, 3.63) is 103 Å². The molecule has 4 rings (SSSR count). The van der Waals surface area contributed by atoms with E-state index < -0.39 is 35.3 Å². The Morgan fingerprint density at radius 2 is 1.61 bits per heavy atom. The highest BCUT2D eigenvalue weighted by atomic mass is 16.5. The van der Waals surface area contributed by atoms with Crippen LogP contribution in [-0.2, 0) is 10.3 Å². The summed E-state index contributed by atoms with van der Waals surface area (Å²) in [6.07, 6.45) is -1.56. The van der Waals surface area contributed by atoms with Crippen molar-refractivity contribution in [3.8, 4) is 0 Å². The van der Waals surface area contributed by atoms with E-state index in [1.807, 2.05) is 38.1 Å². The quantitative estimate of drug-likeness (QED) is 0.599. The summed E-state index contributed by atoms with van der Waals surface area (Å²) in [5.41, 5.74) is 0.978. The van der Waals surface area contributed by atoms with Crippen molar-refractivity contribution < 1.29 is 14.9 Å². The second kappa shape index (κ2) is 7.92. The topological polar surface area (TPSA) is 105 Å². The Hall–Kier alpha value is -3.00. The lowest BCUT2D eigenvalue weighted by molar-refractivity contribution is -0.122. The summed E-state index contributed by atoms with van der Waals surface area (Å²) in [4.78, 5) is 26.5. The summed E-state index contributed by atoms with van der Waals surface area (Å²) >= 11 is 0. The number of aliphatic hydroxyl groups excluding tert-OH is 1. The fourth-order valence-electron chi connectivity index (χ4n) is 4.07. The van der Waals surface area contributed by atoms with Crippen LogP contribution >= 0.6 is 0 Å². The molecular weight excluding hydrogens is 396 g/mol. The van der Waals surface area contributed by atoms with Gasteiger partial charge in [0.05, 0.1) is 0 Å². The molecule has 0 radical (unpaired) electrons. The Morgan fingerprint density at radius 3 is 2.23 bits per heavy atom. The molecule has 7 heteroatoms. The van der Waals surface area contributed by atoms with E-state index in [0.29, 0.717) is 16.7 Å². The van der Waals surface area contributed by atoms with Crippen LogP contribution in [0.15, 0.2) is 64.3 Å². The zero-order valence-corrected chi connectivity index (χ0v) is 17.7. The zero-order chi connectivity index (χ0) is 22.3. The highest BCUT2D eigenvalue weighted by molar-refractivity contribution is 5.32. The van der Waals surface area contributed by atoms with E-state index >= 15 is 0 Å². The molecular formula is C24H26N2O5. The number of rotatable bonds is 4. The van der Waals surface area contributed by atoms with Crippen molar-refractivity contribution in [3.63, 3.8) is 0 Å². The first-order valence-corrected chi connectivity index (χ1v) is 10.2. The lowest BCUT2D eigenvalue weighted by atomic mass is 9.82. The average molecular weight is 422 g/mol. The van der Waals surface area contributed by atoms with E-state index in [9.17, 15) is 19.8 Å². The number of aromatic amines is 1. The molecule has 0 bridgehead atoms. The molecule has 1 fully saturated rings. The Bertz CT molecular complexity index is 1200. The van der Waals surface area contributed by atoms with Crippen molar-refractivity contribution in [1.82, 2.24) is 9.55 Å². The van der Waals surface area contributed by atoms with Gasteiger partial charge >= 0.3 is 5.69 Å². The molecule has 31 heavy (non-hydrogen) atoms. The van der Waals surface area contributed by atoms with Crippen LogP contribution in [0.4, 0.5) is 0 Å². The molecule has 3 N–H and O–H groups in total. The van der Waals surface area contributed by atoms with Crippen molar-refractivity contribution in [2.24, 2.45) is 0 Å². The first kappa shape index (κ1) is 21.2. The molecule has 1 aromatic heterocycles. The third-order valence-corrected chi connectivity index (χ3v) is 5.97. The van der Waals surface area contributed by atoms with Gasteiger partial charge in [0.15, 0.2) is 0 Å². The van der Waals surface area contributed by atoms with Crippen molar-refractivity contribution in [1.29, 1.82) is 0 Å². The molecule has 3 aromatic rings. The minimum atomic E-state index is -1.55. The Labute approximate surface area is 179 Å². The Morgan fingerprint density at radius 1 is 1.03 bits per heavy atom. The standard InChI is InChI=1S/C24H26N2O5/c1-14-4-8-17(9-5-14)20(27)21-24(30,18-10-6-15(2)7-11-18)12-19(31-21)26-13-16(3)22(28)25-23(26)29/h4-11,13,19-21,27,30H,12H2,1-3H3,(H,25,28,29)/t19-,20?,21-,24-/m1/s1. The van der Waals surface area contributed by atoms with Gasteiger partial charge in [-0.2, -0.15) is 0 Å². The van der Waals surface area contributed by atoms with E-state index in [0.717, 1.165) is 11.1 Å². The van der Waals surface area contributed by atoms with E-state index in [-0.39, 0.29) is 6.42 Å². The third kappa shape index (κ3) is 3.87. The van der Waals surface area contributed by atoms with Gasteiger partial charge in [-0.05, 0) is 31.9 Å². The van der Waals surface area contributed by atoms with Gasteiger partial charge in [-0.25, -0.2) is 4.79 Å². The monoisotopic (exact) mass is 422 g/mol. The van der Waals surface area contributed by atoms with Crippen LogP contribution in [0.25, 0.3) is 0 Å².